The number of ether oxygens (including phenoxy) is 3. The van der Waals surface area contributed by atoms with Gasteiger partial charge in [0.15, 0.2) is 5.41 Å². The number of carbonyl (C=O) groups is 2. The molecule has 0 bridgehead atoms. The Balaban J connectivity index is 1.85. The summed E-state index contributed by atoms with van der Waals surface area (Å²) in [5.41, 5.74) is 1.63. The van der Waals surface area contributed by atoms with E-state index >= 15 is 0 Å². The molecule has 0 N–H and O–H groups in total. The molecule has 5 nitrogen and oxygen atoms in total. The third-order valence-corrected chi connectivity index (χ3v) is 5.53. The standard InChI is InChI=1S/C22H22O5/c1-21(2)26-19(23)22(20(24)27-21)13-16-7-5-4-6-15(16)12-18(22)14-8-10-17(25-3)11-9-14/h4-11,18H,12-13H2,1-3H3. The number of benzene rings is 2. The van der Waals surface area contributed by atoms with Crippen molar-refractivity contribution in [3.63, 3.8) is 0 Å². The lowest BCUT2D eigenvalue weighted by molar-refractivity contribution is -0.253. The van der Waals surface area contributed by atoms with E-state index in [0.717, 1.165) is 22.4 Å². The van der Waals surface area contributed by atoms with Crippen LogP contribution in [0.2, 0.25) is 0 Å². The molecule has 2 aliphatic rings. The fourth-order valence-corrected chi connectivity index (χ4v) is 4.15. The highest BCUT2D eigenvalue weighted by Gasteiger charge is 2.62. The maximum absolute atomic E-state index is 13.2. The third-order valence-electron chi connectivity index (χ3n) is 5.53. The maximum Gasteiger partial charge on any atom is 0.327 e. The first-order chi connectivity index (χ1) is 12.9. The zero-order chi connectivity index (χ0) is 19.2. The van der Waals surface area contributed by atoms with Gasteiger partial charge in [-0.15, -0.1) is 0 Å². The molecule has 1 aliphatic heterocycles. The summed E-state index contributed by atoms with van der Waals surface area (Å²) in [6.07, 6.45) is 0.834. The quantitative estimate of drug-likeness (QED) is 0.602. The van der Waals surface area contributed by atoms with Gasteiger partial charge in [-0.05, 0) is 35.2 Å². The van der Waals surface area contributed by atoms with Crippen molar-refractivity contribution in [3.8, 4) is 5.75 Å². The van der Waals surface area contributed by atoms with Crippen molar-refractivity contribution >= 4 is 11.9 Å². The summed E-state index contributed by atoms with van der Waals surface area (Å²) in [6.45, 7) is 3.16. The number of cyclic esters (lactones) is 2. The van der Waals surface area contributed by atoms with Gasteiger partial charge < -0.3 is 14.2 Å². The molecule has 1 atom stereocenters. The van der Waals surface area contributed by atoms with E-state index in [1.165, 1.54) is 0 Å². The first kappa shape index (κ1) is 17.6. The molecule has 1 spiro atoms. The third kappa shape index (κ3) is 2.78. The molecule has 1 saturated heterocycles. The lowest BCUT2D eigenvalue weighted by Crippen LogP contribution is -2.59. The minimum Gasteiger partial charge on any atom is -0.497 e. The van der Waals surface area contributed by atoms with Crippen LogP contribution in [-0.4, -0.2) is 24.8 Å². The summed E-state index contributed by atoms with van der Waals surface area (Å²) in [6, 6.07) is 15.4. The number of hydrogen-bond acceptors (Lipinski definition) is 5. The summed E-state index contributed by atoms with van der Waals surface area (Å²) in [5.74, 6) is -1.92. The van der Waals surface area contributed by atoms with Crippen LogP contribution < -0.4 is 4.74 Å². The fraction of sp³-hybridized carbons (Fsp3) is 0.364. The molecule has 0 amide bonds. The van der Waals surface area contributed by atoms with Crippen LogP contribution in [0.5, 0.6) is 5.75 Å². The van der Waals surface area contributed by atoms with E-state index in [4.69, 9.17) is 14.2 Å². The molecular formula is C22H22O5. The minimum atomic E-state index is -1.38. The molecule has 1 aliphatic carbocycles. The van der Waals surface area contributed by atoms with Crippen LogP contribution in [0.4, 0.5) is 0 Å². The number of carbonyl (C=O) groups excluding carboxylic acids is 2. The first-order valence-corrected chi connectivity index (χ1v) is 9.03. The number of rotatable bonds is 2. The monoisotopic (exact) mass is 366 g/mol. The predicted octanol–water partition coefficient (Wildman–Crippen LogP) is 3.40. The van der Waals surface area contributed by atoms with E-state index in [0.29, 0.717) is 6.42 Å². The van der Waals surface area contributed by atoms with Gasteiger partial charge in [0.05, 0.1) is 7.11 Å². The molecule has 140 valence electrons. The lowest BCUT2D eigenvalue weighted by Gasteiger charge is -2.46. The zero-order valence-corrected chi connectivity index (χ0v) is 15.7. The van der Waals surface area contributed by atoms with Gasteiger partial charge >= 0.3 is 11.9 Å². The Hall–Kier alpha value is -2.82. The predicted molar refractivity (Wildman–Crippen MR) is 98.3 cm³/mol. The molecule has 1 fully saturated rings. The van der Waals surface area contributed by atoms with Crippen LogP contribution in [0.1, 0.15) is 36.5 Å². The number of methoxy groups -OCH3 is 1. The van der Waals surface area contributed by atoms with Crippen LogP contribution in [-0.2, 0) is 31.9 Å². The van der Waals surface area contributed by atoms with Crippen molar-refractivity contribution in [2.45, 2.75) is 38.4 Å². The second-order valence-corrected chi connectivity index (χ2v) is 7.63. The molecule has 4 rings (SSSR count). The summed E-state index contributed by atoms with van der Waals surface area (Å²) < 4.78 is 16.3. The van der Waals surface area contributed by atoms with Crippen molar-refractivity contribution in [2.24, 2.45) is 5.41 Å². The van der Waals surface area contributed by atoms with Gasteiger partial charge in [0.1, 0.15) is 5.75 Å². The first-order valence-electron chi connectivity index (χ1n) is 9.03. The van der Waals surface area contributed by atoms with Gasteiger partial charge in [0.25, 0.3) is 5.79 Å². The van der Waals surface area contributed by atoms with Gasteiger partial charge in [-0.25, -0.2) is 0 Å². The van der Waals surface area contributed by atoms with Crippen molar-refractivity contribution in [1.82, 2.24) is 0 Å². The summed E-state index contributed by atoms with van der Waals surface area (Å²) in [4.78, 5) is 26.3. The van der Waals surface area contributed by atoms with E-state index in [1.54, 1.807) is 21.0 Å². The summed E-state index contributed by atoms with van der Waals surface area (Å²) in [7, 11) is 1.60. The Kier molecular flexibility index (Phi) is 3.98. The van der Waals surface area contributed by atoms with Gasteiger partial charge in [0.2, 0.25) is 0 Å². The van der Waals surface area contributed by atoms with E-state index in [9.17, 15) is 9.59 Å². The van der Waals surface area contributed by atoms with Gasteiger partial charge in [-0.2, -0.15) is 0 Å². The van der Waals surface area contributed by atoms with E-state index in [1.807, 2.05) is 48.5 Å². The maximum atomic E-state index is 13.2. The van der Waals surface area contributed by atoms with Gasteiger partial charge in [-0.3, -0.25) is 9.59 Å². The molecule has 1 heterocycles. The smallest absolute Gasteiger partial charge is 0.327 e. The molecule has 0 saturated carbocycles. The molecule has 27 heavy (non-hydrogen) atoms. The molecule has 5 heteroatoms. The van der Waals surface area contributed by atoms with Crippen molar-refractivity contribution in [3.05, 3.63) is 65.2 Å². The molecule has 2 aromatic rings. The van der Waals surface area contributed by atoms with Crippen LogP contribution in [0, 0.1) is 5.41 Å². The molecular weight excluding hydrogens is 344 g/mol. The number of esters is 2. The van der Waals surface area contributed by atoms with Gasteiger partial charge in [-0.1, -0.05) is 36.4 Å². The highest BCUT2D eigenvalue weighted by molar-refractivity contribution is 6.03. The normalized spacial score (nSPS) is 22.6. The fourth-order valence-electron chi connectivity index (χ4n) is 4.15. The van der Waals surface area contributed by atoms with Crippen molar-refractivity contribution < 1.29 is 23.8 Å². The second-order valence-electron chi connectivity index (χ2n) is 7.63. The Morgan fingerprint density at radius 2 is 1.52 bits per heavy atom. The van der Waals surface area contributed by atoms with Gasteiger partial charge in [0, 0.05) is 26.2 Å². The highest BCUT2D eigenvalue weighted by atomic mass is 16.7. The molecule has 2 aromatic carbocycles. The average molecular weight is 366 g/mol. The SMILES string of the molecule is COc1ccc(C2Cc3ccccc3CC23C(=O)OC(C)(C)OC3=O)cc1. The number of hydrogen-bond donors (Lipinski definition) is 0. The Labute approximate surface area is 158 Å². The number of fused-ring (bicyclic) bond motifs is 1. The highest BCUT2D eigenvalue weighted by Crippen LogP contribution is 2.50. The lowest BCUT2D eigenvalue weighted by atomic mass is 9.61. The average Bonchev–Trinajstić information content (AvgIpc) is 2.65. The van der Waals surface area contributed by atoms with Crippen LogP contribution in [0.15, 0.2) is 48.5 Å². The second kappa shape index (κ2) is 6.12. The van der Waals surface area contributed by atoms with Crippen molar-refractivity contribution in [1.29, 1.82) is 0 Å². The molecule has 0 aromatic heterocycles. The largest absolute Gasteiger partial charge is 0.497 e. The van der Waals surface area contributed by atoms with E-state index in [-0.39, 0.29) is 12.3 Å². The Morgan fingerprint density at radius 1 is 0.926 bits per heavy atom. The van der Waals surface area contributed by atoms with Crippen LogP contribution in [0.3, 0.4) is 0 Å². The Morgan fingerprint density at radius 3 is 2.11 bits per heavy atom. The van der Waals surface area contributed by atoms with E-state index < -0.39 is 23.1 Å². The van der Waals surface area contributed by atoms with Crippen molar-refractivity contribution in [2.75, 3.05) is 7.11 Å². The Bertz CT molecular complexity index is 877. The summed E-state index contributed by atoms with van der Waals surface area (Å²) >= 11 is 0. The topological polar surface area (TPSA) is 61.8 Å². The molecule has 0 radical (unpaired) electrons. The zero-order valence-electron chi connectivity index (χ0n) is 15.7. The summed E-state index contributed by atoms with van der Waals surface area (Å²) in [5, 5.41) is 0. The van der Waals surface area contributed by atoms with Crippen LogP contribution >= 0.6 is 0 Å². The molecule has 1 unspecified atom stereocenters. The minimum absolute atomic E-state index is 0.271. The van der Waals surface area contributed by atoms with Crippen LogP contribution in [0.25, 0.3) is 0 Å². The van der Waals surface area contributed by atoms with E-state index in [2.05, 4.69) is 0 Å².